The first-order valence-electron chi connectivity index (χ1n) is 5.03. The van der Waals surface area contributed by atoms with Crippen LogP contribution < -0.4 is 5.32 Å². The van der Waals surface area contributed by atoms with E-state index in [9.17, 15) is 0 Å². The first-order valence-corrected chi connectivity index (χ1v) is 5.84. The minimum atomic E-state index is 0.206. The summed E-state index contributed by atoms with van der Waals surface area (Å²) < 4.78 is 0. The van der Waals surface area contributed by atoms with Crippen LogP contribution in [-0.4, -0.2) is 17.8 Å². The highest BCUT2D eigenvalue weighted by Crippen LogP contribution is 2.15. The summed E-state index contributed by atoms with van der Waals surface area (Å²) in [6.07, 6.45) is 0. The Labute approximate surface area is 90.0 Å². The van der Waals surface area contributed by atoms with Crippen LogP contribution in [0.4, 0.5) is 0 Å². The molecule has 0 saturated carbocycles. The van der Waals surface area contributed by atoms with Gasteiger partial charge in [-0.2, -0.15) is 0 Å². The van der Waals surface area contributed by atoms with Gasteiger partial charge in [0.15, 0.2) is 0 Å². The second kappa shape index (κ2) is 5.49. The highest BCUT2D eigenvalue weighted by atomic mass is 32.1. The first kappa shape index (κ1) is 11.7. The van der Waals surface area contributed by atoms with E-state index in [0.29, 0.717) is 5.92 Å². The van der Waals surface area contributed by atoms with Gasteiger partial charge in [-0.15, -0.1) is 11.3 Å². The maximum Gasteiger partial charge on any atom is 0.0587 e. The fraction of sp³-hybridized carbons (Fsp3) is 0.636. The lowest BCUT2D eigenvalue weighted by molar-refractivity contribution is 0.210. The van der Waals surface area contributed by atoms with Gasteiger partial charge in [-0.3, -0.25) is 0 Å². The Morgan fingerprint density at radius 2 is 2.14 bits per heavy atom. The largest absolute Gasteiger partial charge is 0.395 e. The summed E-state index contributed by atoms with van der Waals surface area (Å²) in [5.41, 5.74) is 0. The van der Waals surface area contributed by atoms with Crippen molar-refractivity contribution >= 4 is 11.3 Å². The van der Waals surface area contributed by atoms with Crippen molar-refractivity contribution in [3.8, 4) is 0 Å². The summed E-state index contributed by atoms with van der Waals surface area (Å²) in [5, 5.41) is 12.5. The number of aliphatic hydroxyl groups is 1. The summed E-state index contributed by atoms with van der Waals surface area (Å²) in [7, 11) is 0. The Kier molecular flexibility index (Phi) is 4.58. The molecule has 0 saturated heterocycles. The third-order valence-corrected chi connectivity index (χ3v) is 3.34. The molecule has 1 atom stereocenters. The number of rotatable bonds is 5. The summed E-state index contributed by atoms with van der Waals surface area (Å²) >= 11 is 1.81. The van der Waals surface area contributed by atoms with E-state index >= 15 is 0 Å². The SMILES string of the molecule is Cc1ccc(CN[C@H](CO)C(C)C)s1. The third kappa shape index (κ3) is 3.40. The van der Waals surface area contributed by atoms with Gasteiger partial charge in [-0.1, -0.05) is 13.8 Å². The van der Waals surface area contributed by atoms with Gasteiger partial charge in [0.25, 0.3) is 0 Å². The van der Waals surface area contributed by atoms with Crippen LogP contribution in [0.25, 0.3) is 0 Å². The molecule has 0 spiro atoms. The molecule has 2 nitrogen and oxygen atoms in total. The Hall–Kier alpha value is -0.380. The molecule has 0 aliphatic carbocycles. The molecule has 0 fully saturated rings. The predicted octanol–water partition coefficient (Wildman–Crippen LogP) is 2.16. The van der Waals surface area contributed by atoms with Crippen molar-refractivity contribution in [1.29, 1.82) is 0 Å². The highest BCUT2D eigenvalue weighted by molar-refractivity contribution is 7.11. The topological polar surface area (TPSA) is 32.3 Å². The highest BCUT2D eigenvalue weighted by Gasteiger charge is 2.11. The Bertz CT molecular complexity index is 270. The number of hydrogen-bond acceptors (Lipinski definition) is 3. The van der Waals surface area contributed by atoms with E-state index in [2.05, 4.69) is 38.2 Å². The quantitative estimate of drug-likeness (QED) is 0.785. The number of hydrogen-bond donors (Lipinski definition) is 2. The van der Waals surface area contributed by atoms with Gasteiger partial charge in [0.1, 0.15) is 0 Å². The van der Waals surface area contributed by atoms with Gasteiger partial charge in [-0.05, 0) is 25.0 Å². The van der Waals surface area contributed by atoms with E-state index in [1.807, 2.05) is 11.3 Å². The zero-order chi connectivity index (χ0) is 10.6. The summed E-state index contributed by atoms with van der Waals surface area (Å²) in [4.78, 5) is 2.67. The fourth-order valence-electron chi connectivity index (χ4n) is 1.32. The molecule has 0 aliphatic heterocycles. The van der Waals surface area contributed by atoms with Crippen LogP contribution in [0.5, 0.6) is 0 Å². The Balaban J connectivity index is 2.39. The molecule has 0 radical (unpaired) electrons. The lowest BCUT2D eigenvalue weighted by Gasteiger charge is -2.19. The normalized spacial score (nSPS) is 13.5. The predicted molar refractivity (Wildman–Crippen MR) is 61.6 cm³/mol. The van der Waals surface area contributed by atoms with Crippen LogP contribution in [0.3, 0.4) is 0 Å². The molecular weight excluding hydrogens is 194 g/mol. The number of aliphatic hydroxyl groups excluding tert-OH is 1. The van der Waals surface area contributed by atoms with Gasteiger partial charge < -0.3 is 10.4 Å². The molecule has 2 N–H and O–H groups in total. The molecule has 1 heterocycles. The van der Waals surface area contributed by atoms with Gasteiger partial charge in [0.2, 0.25) is 0 Å². The van der Waals surface area contributed by atoms with E-state index in [-0.39, 0.29) is 12.6 Å². The molecule has 0 bridgehead atoms. The van der Waals surface area contributed by atoms with E-state index < -0.39 is 0 Å². The van der Waals surface area contributed by atoms with Gasteiger partial charge >= 0.3 is 0 Å². The van der Waals surface area contributed by atoms with E-state index in [4.69, 9.17) is 5.11 Å². The minimum absolute atomic E-state index is 0.206. The molecule has 3 heteroatoms. The second-order valence-corrected chi connectivity index (χ2v) is 5.30. The molecular formula is C11H19NOS. The maximum atomic E-state index is 9.12. The van der Waals surface area contributed by atoms with Crippen molar-refractivity contribution < 1.29 is 5.11 Å². The van der Waals surface area contributed by atoms with E-state index in [1.165, 1.54) is 9.75 Å². The third-order valence-electron chi connectivity index (χ3n) is 2.34. The number of aryl methyl sites for hydroxylation is 1. The van der Waals surface area contributed by atoms with E-state index in [0.717, 1.165) is 6.54 Å². The van der Waals surface area contributed by atoms with Crippen molar-refractivity contribution in [2.45, 2.75) is 33.4 Å². The molecule has 0 unspecified atom stereocenters. The van der Waals surface area contributed by atoms with Crippen molar-refractivity contribution in [1.82, 2.24) is 5.32 Å². The van der Waals surface area contributed by atoms with Gasteiger partial charge in [-0.25, -0.2) is 0 Å². The van der Waals surface area contributed by atoms with Gasteiger partial charge in [0, 0.05) is 22.3 Å². The molecule has 80 valence electrons. The van der Waals surface area contributed by atoms with Crippen LogP contribution in [0, 0.1) is 12.8 Å². The zero-order valence-corrected chi connectivity index (χ0v) is 9.90. The average molecular weight is 213 g/mol. The van der Waals surface area contributed by atoms with Crippen molar-refractivity contribution in [2.75, 3.05) is 6.61 Å². The summed E-state index contributed by atoms with van der Waals surface area (Å²) in [6, 6.07) is 4.48. The smallest absolute Gasteiger partial charge is 0.0587 e. The molecule has 0 amide bonds. The second-order valence-electron chi connectivity index (χ2n) is 3.93. The Morgan fingerprint density at radius 1 is 1.43 bits per heavy atom. The lowest BCUT2D eigenvalue weighted by atomic mass is 10.1. The average Bonchev–Trinajstić information content (AvgIpc) is 2.52. The number of nitrogens with one attached hydrogen (secondary N) is 1. The molecule has 14 heavy (non-hydrogen) atoms. The lowest BCUT2D eigenvalue weighted by Crippen LogP contribution is -2.36. The monoisotopic (exact) mass is 213 g/mol. The summed E-state index contributed by atoms with van der Waals surface area (Å²) in [6.45, 7) is 7.42. The molecule has 1 rings (SSSR count). The standard InChI is InChI=1S/C11H19NOS/c1-8(2)11(7-13)12-6-10-5-4-9(3)14-10/h4-5,8,11-13H,6-7H2,1-3H3/t11-/m1/s1. The van der Waals surface area contributed by atoms with Crippen molar-refractivity contribution in [3.63, 3.8) is 0 Å². The van der Waals surface area contributed by atoms with Crippen molar-refractivity contribution in [3.05, 3.63) is 21.9 Å². The van der Waals surface area contributed by atoms with Crippen LogP contribution in [0.1, 0.15) is 23.6 Å². The van der Waals surface area contributed by atoms with Gasteiger partial charge in [0.05, 0.1) is 6.61 Å². The molecule has 1 aromatic heterocycles. The molecule has 0 aliphatic rings. The van der Waals surface area contributed by atoms with Crippen LogP contribution in [0.15, 0.2) is 12.1 Å². The fourth-order valence-corrected chi connectivity index (χ4v) is 2.16. The first-order chi connectivity index (χ1) is 6.63. The van der Waals surface area contributed by atoms with Crippen LogP contribution in [-0.2, 0) is 6.54 Å². The zero-order valence-electron chi connectivity index (χ0n) is 9.08. The Morgan fingerprint density at radius 3 is 2.57 bits per heavy atom. The molecule has 1 aromatic rings. The molecule has 0 aromatic carbocycles. The van der Waals surface area contributed by atoms with E-state index in [1.54, 1.807) is 0 Å². The van der Waals surface area contributed by atoms with Crippen LogP contribution >= 0.6 is 11.3 Å². The van der Waals surface area contributed by atoms with Crippen molar-refractivity contribution in [2.24, 2.45) is 5.92 Å². The van der Waals surface area contributed by atoms with Crippen LogP contribution in [0.2, 0.25) is 0 Å². The maximum absolute atomic E-state index is 9.12. The minimum Gasteiger partial charge on any atom is -0.395 e. The summed E-state index contributed by atoms with van der Waals surface area (Å²) in [5.74, 6) is 0.473. The number of thiophene rings is 1.